The summed E-state index contributed by atoms with van der Waals surface area (Å²) in [6.07, 6.45) is 0. The molecule has 0 saturated carbocycles. The van der Waals surface area contributed by atoms with Gasteiger partial charge in [0.25, 0.3) is 17.7 Å². The van der Waals surface area contributed by atoms with Crippen molar-refractivity contribution in [2.75, 3.05) is 29.8 Å². The van der Waals surface area contributed by atoms with Crippen molar-refractivity contribution in [1.29, 1.82) is 0 Å². The van der Waals surface area contributed by atoms with Gasteiger partial charge in [-0.15, -0.1) is 0 Å². The molecule has 1 aliphatic rings. The van der Waals surface area contributed by atoms with E-state index in [-0.39, 0.29) is 27.3 Å². The molecule has 0 saturated heterocycles. The highest BCUT2D eigenvalue weighted by molar-refractivity contribution is 6.54. The maximum absolute atomic E-state index is 13.0. The molecule has 0 fully saturated rings. The Morgan fingerprint density at radius 1 is 0.861 bits per heavy atom. The van der Waals surface area contributed by atoms with Crippen molar-refractivity contribution in [2.45, 2.75) is 0 Å². The van der Waals surface area contributed by atoms with Gasteiger partial charge in [-0.2, -0.15) is 0 Å². The highest BCUT2D eigenvalue weighted by Crippen LogP contribution is 2.35. The number of carbonyl (C=O) groups excluding carboxylic acids is 3. The first kappa shape index (κ1) is 25.4. The number of anilines is 3. The highest BCUT2D eigenvalue weighted by atomic mass is 35.5. The number of hydrogen-bond acceptors (Lipinski definition) is 6. The summed E-state index contributed by atoms with van der Waals surface area (Å²) in [4.78, 5) is 39.2. The van der Waals surface area contributed by atoms with Gasteiger partial charge in [0.2, 0.25) is 0 Å². The van der Waals surface area contributed by atoms with E-state index in [1.54, 1.807) is 42.5 Å². The highest BCUT2D eigenvalue weighted by Gasteiger charge is 2.39. The Morgan fingerprint density at radius 2 is 1.58 bits per heavy atom. The fraction of sp³-hybridized carbons (Fsp3) is 0.0800. The molecule has 3 amide bonds. The van der Waals surface area contributed by atoms with Crippen molar-refractivity contribution in [3.63, 3.8) is 0 Å². The van der Waals surface area contributed by atoms with Crippen LogP contribution in [0.5, 0.6) is 11.5 Å². The SMILES string of the molecule is COc1ccc(NC(=O)c2ccc(NC3=C(Cl)C(=O)N(c4ccc(Cl)cc4Cl)C3=O)cc2)c(OC)c1. The van der Waals surface area contributed by atoms with E-state index in [9.17, 15) is 14.4 Å². The normalized spacial score (nSPS) is 13.2. The average molecular weight is 547 g/mol. The molecule has 3 aromatic rings. The Morgan fingerprint density at radius 3 is 2.22 bits per heavy atom. The van der Waals surface area contributed by atoms with Crippen molar-refractivity contribution in [3.05, 3.63) is 87.0 Å². The summed E-state index contributed by atoms with van der Waals surface area (Å²) in [5.41, 5.74) is 1.30. The first-order chi connectivity index (χ1) is 17.2. The number of amides is 3. The Labute approximate surface area is 221 Å². The van der Waals surface area contributed by atoms with E-state index in [4.69, 9.17) is 44.3 Å². The van der Waals surface area contributed by atoms with Gasteiger partial charge >= 0.3 is 0 Å². The van der Waals surface area contributed by atoms with E-state index in [0.717, 1.165) is 4.90 Å². The number of hydrogen-bond donors (Lipinski definition) is 2. The molecule has 1 aliphatic heterocycles. The van der Waals surface area contributed by atoms with Gasteiger partial charge in [-0.25, -0.2) is 4.90 Å². The monoisotopic (exact) mass is 545 g/mol. The summed E-state index contributed by atoms with van der Waals surface area (Å²) in [5.74, 6) is -0.749. The predicted molar refractivity (Wildman–Crippen MR) is 139 cm³/mol. The number of methoxy groups -OCH3 is 2. The zero-order valence-corrected chi connectivity index (χ0v) is 21.2. The number of halogens is 3. The summed E-state index contributed by atoms with van der Waals surface area (Å²) in [6.45, 7) is 0. The van der Waals surface area contributed by atoms with Crippen LogP contribution >= 0.6 is 34.8 Å². The molecule has 11 heteroatoms. The maximum atomic E-state index is 13.0. The van der Waals surface area contributed by atoms with Crippen molar-refractivity contribution in [1.82, 2.24) is 0 Å². The fourth-order valence-electron chi connectivity index (χ4n) is 3.44. The standard InChI is InChI=1S/C25H18Cl3N3O5/c1-35-16-8-9-18(20(12-16)36-2)30-23(32)13-3-6-15(7-4-13)29-22-21(28)24(33)31(25(22)34)19-10-5-14(26)11-17(19)27/h3-12,29H,1-2H3,(H,30,32). The van der Waals surface area contributed by atoms with Crippen LogP contribution in [0.2, 0.25) is 10.0 Å². The Kier molecular flexibility index (Phi) is 7.40. The molecule has 0 atom stereocenters. The number of ether oxygens (including phenoxy) is 2. The van der Waals surface area contributed by atoms with Crippen molar-refractivity contribution < 1.29 is 23.9 Å². The van der Waals surface area contributed by atoms with E-state index in [0.29, 0.717) is 33.5 Å². The van der Waals surface area contributed by atoms with Gasteiger partial charge < -0.3 is 20.1 Å². The van der Waals surface area contributed by atoms with E-state index in [1.807, 2.05) is 0 Å². The summed E-state index contributed by atoms with van der Waals surface area (Å²) in [5, 5.41) is 5.81. The Bertz CT molecular complexity index is 1410. The maximum Gasteiger partial charge on any atom is 0.283 e. The van der Waals surface area contributed by atoms with E-state index in [1.165, 1.54) is 32.4 Å². The van der Waals surface area contributed by atoms with Crippen LogP contribution in [-0.4, -0.2) is 31.9 Å². The van der Waals surface area contributed by atoms with Gasteiger partial charge in [-0.1, -0.05) is 34.8 Å². The lowest BCUT2D eigenvalue weighted by Gasteiger charge is -2.16. The first-order valence-electron chi connectivity index (χ1n) is 10.4. The molecule has 0 unspecified atom stereocenters. The third-order valence-corrected chi connectivity index (χ3v) is 6.14. The van der Waals surface area contributed by atoms with Gasteiger partial charge in [0.15, 0.2) is 0 Å². The average Bonchev–Trinajstić information content (AvgIpc) is 3.08. The van der Waals surface area contributed by atoms with Gasteiger partial charge in [0.1, 0.15) is 22.2 Å². The van der Waals surface area contributed by atoms with E-state index < -0.39 is 11.8 Å². The van der Waals surface area contributed by atoms with Crippen molar-refractivity contribution in [2.24, 2.45) is 0 Å². The minimum Gasteiger partial charge on any atom is -0.497 e. The quantitative estimate of drug-likeness (QED) is 0.369. The second-order valence-corrected chi connectivity index (χ2v) is 8.67. The third-order valence-electron chi connectivity index (χ3n) is 5.25. The lowest BCUT2D eigenvalue weighted by Crippen LogP contribution is -2.32. The first-order valence-corrected chi connectivity index (χ1v) is 11.5. The van der Waals surface area contributed by atoms with Gasteiger partial charge in [0.05, 0.1) is 30.6 Å². The molecule has 184 valence electrons. The predicted octanol–water partition coefficient (Wildman–Crippen LogP) is 5.70. The van der Waals surface area contributed by atoms with Crippen LogP contribution in [0.1, 0.15) is 10.4 Å². The minimum absolute atomic E-state index is 0.118. The zero-order chi connectivity index (χ0) is 26.0. The molecule has 0 radical (unpaired) electrons. The van der Waals surface area contributed by atoms with Crippen LogP contribution in [-0.2, 0) is 9.59 Å². The number of carbonyl (C=O) groups is 3. The summed E-state index contributed by atoms with van der Waals surface area (Å²) < 4.78 is 10.5. The number of rotatable bonds is 7. The summed E-state index contributed by atoms with van der Waals surface area (Å²) >= 11 is 18.3. The second-order valence-electron chi connectivity index (χ2n) is 7.45. The van der Waals surface area contributed by atoms with Crippen molar-refractivity contribution in [3.8, 4) is 11.5 Å². The van der Waals surface area contributed by atoms with Crippen molar-refractivity contribution >= 4 is 69.6 Å². The molecule has 0 aliphatic carbocycles. The van der Waals surface area contributed by atoms with Crippen LogP contribution in [0.4, 0.5) is 17.1 Å². The number of imide groups is 1. The lowest BCUT2D eigenvalue weighted by atomic mass is 10.1. The van der Waals surface area contributed by atoms with Gasteiger partial charge in [-0.05, 0) is 54.6 Å². The van der Waals surface area contributed by atoms with E-state index >= 15 is 0 Å². The molecule has 4 rings (SSSR count). The van der Waals surface area contributed by atoms with Crippen LogP contribution in [0.25, 0.3) is 0 Å². The Balaban J connectivity index is 1.49. The van der Waals surface area contributed by atoms with Crippen LogP contribution in [0.3, 0.4) is 0 Å². The minimum atomic E-state index is -0.724. The Hall–Kier alpha value is -3.72. The van der Waals surface area contributed by atoms with Crippen LogP contribution in [0, 0.1) is 0 Å². The smallest absolute Gasteiger partial charge is 0.283 e. The number of nitrogens with one attached hydrogen (secondary N) is 2. The number of benzene rings is 3. The van der Waals surface area contributed by atoms with Crippen LogP contribution < -0.4 is 25.0 Å². The molecular formula is C25H18Cl3N3O5. The molecular weight excluding hydrogens is 529 g/mol. The fourth-order valence-corrected chi connectivity index (χ4v) is 4.14. The molecule has 3 aromatic carbocycles. The topological polar surface area (TPSA) is 97.0 Å². The largest absolute Gasteiger partial charge is 0.497 e. The van der Waals surface area contributed by atoms with Gasteiger partial charge in [-0.3, -0.25) is 14.4 Å². The summed E-state index contributed by atoms with van der Waals surface area (Å²) in [6, 6.07) is 15.7. The molecule has 36 heavy (non-hydrogen) atoms. The second kappa shape index (κ2) is 10.5. The molecule has 0 spiro atoms. The zero-order valence-electron chi connectivity index (χ0n) is 18.9. The number of nitrogens with zero attached hydrogens (tertiary/aromatic N) is 1. The molecule has 2 N–H and O–H groups in total. The summed E-state index contributed by atoms with van der Waals surface area (Å²) in [7, 11) is 3.02. The lowest BCUT2D eigenvalue weighted by molar-refractivity contribution is -0.120. The van der Waals surface area contributed by atoms with Gasteiger partial charge in [0, 0.05) is 22.3 Å². The molecule has 1 heterocycles. The van der Waals surface area contributed by atoms with E-state index in [2.05, 4.69) is 10.6 Å². The third kappa shape index (κ3) is 4.97. The molecule has 0 bridgehead atoms. The van der Waals surface area contributed by atoms with Crippen LogP contribution in [0.15, 0.2) is 71.4 Å². The molecule has 0 aromatic heterocycles. The molecule has 8 nitrogen and oxygen atoms in total.